The van der Waals surface area contributed by atoms with Crippen LogP contribution in [0, 0.1) is 0 Å². The monoisotopic (exact) mass is 377 g/mol. The molecule has 0 amide bonds. The number of carbonyl (C=O) groups is 1. The maximum Gasteiger partial charge on any atom is 0.303 e. The number of aliphatic carboxylic acids is 1. The fraction of sp³-hybridized carbons (Fsp3) is 0.316. The molecule has 2 rings (SSSR count). The molecule has 0 spiro atoms. The largest absolute Gasteiger partial charge is 0.489 e. The van der Waals surface area contributed by atoms with Crippen molar-refractivity contribution in [2.24, 2.45) is 0 Å². The van der Waals surface area contributed by atoms with Crippen LogP contribution in [0.15, 0.2) is 59.5 Å². The Morgan fingerprint density at radius 1 is 1.08 bits per heavy atom. The first-order valence-electron chi connectivity index (χ1n) is 8.20. The maximum atomic E-state index is 12.5. The lowest BCUT2D eigenvalue weighted by atomic mass is 10.0. The Labute approximate surface area is 153 Å². The molecule has 0 saturated heterocycles. The molecule has 0 radical (unpaired) electrons. The summed E-state index contributed by atoms with van der Waals surface area (Å²) in [6.07, 6.45) is 0.0849. The van der Waals surface area contributed by atoms with Crippen molar-refractivity contribution in [1.29, 1.82) is 0 Å². The number of benzene rings is 2. The van der Waals surface area contributed by atoms with Crippen molar-refractivity contribution in [3.63, 3.8) is 0 Å². The zero-order valence-corrected chi connectivity index (χ0v) is 15.6. The highest BCUT2D eigenvalue weighted by Crippen LogP contribution is 2.20. The zero-order chi connectivity index (χ0) is 19.2. The molecule has 0 aromatic heterocycles. The summed E-state index contributed by atoms with van der Waals surface area (Å²) in [5, 5.41) is 8.76. The lowest BCUT2D eigenvalue weighted by Gasteiger charge is -2.25. The summed E-state index contributed by atoms with van der Waals surface area (Å²) in [6.45, 7) is 3.71. The van der Waals surface area contributed by atoms with E-state index < -0.39 is 21.5 Å². The van der Waals surface area contributed by atoms with Gasteiger partial charge in [0.1, 0.15) is 12.4 Å². The minimum absolute atomic E-state index is 0.105. The van der Waals surface area contributed by atoms with E-state index in [4.69, 9.17) is 9.84 Å². The van der Waals surface area contributed by atoms with E-state index in [1.54, 1.807) is 26.0 Å². The second-order valence-electron chi connectivity index (χ2n) is 6.63. The molecule has 0 saturated carbocycles. The lowest BCUT2D eigenvalue weighted by Crippen LogP contribution is -2.43. The van der Waals surface area contributed by atoms with Crippen molar-refractivity contribution in [3.05, 3.63) is 60.2 Å². The van der Waals surface area contributed by atoms with E-state index in [0.717, 1.165) is 5.56 Å². The first-order valence-corrected chi connectivity index (χ1v) is 9.69. The Morgan fingerprint density at radius 2 is 1.69 bits per heavy atom. The van der Waals surface area contributed by atoms with E-state index in [9.17, 15) is 13.2 Å². The number of sulfonamides is 1. The van der Waals surface area contributed by atoms with Gasteiger partial charge in [-0.3, -0.25) is 4.79 Å². The number of rotatable bonds is 9. The summed E-state index contributed by atoms with van der Waals surface area (Å²) in [5.41, 5.74) is 0.158. The van der Waals surface area contributed by atoms with Crippen LogP contribution in [0.4, 0.5) is 0 Å². The molecule has 0 aliphatic heterocycles. The van der Waals surface area contributed by atoms with Crippen molar-refractivity contribution in [2.75, 3.05) is 0 Å². The number of hydrogen-bond donors (Lipinski definition) is 2. The predicted octanol–water partition coefficient (Wildman–Crippen LogP) is 3.19. The summed E-state index contributed by atoms with van der Waals surface area (Å²) in [6, 6.07) is 15.8. The number of hydrogen-bond acceptors (Lipinski definition) is 4. The Balaban J connectivity index is 2.00. The molecule has 0 unspecified atom stereocenters. The van der Waals surface area contributed by atoms with Gasteiger partial charge < -0.3 is 9.84 Å². The third kappa shape index (κ3) is 6.16. The van der Waals surface area contributed by atoms with Crippen molar-refractivity contribution < 1.29 is 23.1 Å². The molecule has 0 fully saturated rings. The number of carboxylic acids is 1. The van der Waals surface area contributed by atoms with Crippen LogP contribution >= 0.6 is 0 Å². The summed E-state index contributed by atoms with van der Waals surface area (Å²) in [7, 11) is -3.75. The summed E-state index contributed by atoms with van der Waals surface area (Å²) < 4.78 is 33.2. The average Bonchev–Trinajstić information content (AvgIpc) is 2.59. The first-order chi connectivity index (χ1) is 12.2. The molecule has 26 heavy (non-hydrogen) atoms. The Bertz CT molecular complexity index is 830. The molecule has 0 aliphatic rings. The third-order valence-corrected chi connectivity index (χ3v) is 5.47. The summed E-state index contributed by atoms with van der Waals surface area (Å²) >= 11 is 0. The van der Waals surface area contributed by atoms with Gasteiger partial charge in [0, 0.05) is 12.0 Å². The van der Waals surface area contributed by atoms with Crippen LogP contribution in [-0.2, 0) is 21.4 Å². The molecule has 0 atom stereocenters. The van der Waals surface area contributed by atoms with Gasteiger partial charge >= 0.3 is 5.97 Å². The minimum Gasteiger partial charge on any atom is -0.489 e. The van der Waals surface area contributed by atoms with E-state index in [1.165, 1.54) is 12.1 Å². The summed E-state index contributed by atoms with van der Waals surface area (Å²) in [4.78, 5) is 10.8. The highest BCUT2D eigenvalue weighted by Gasteiger charge is 2.26. The van der Waals surface area contributed by atoms with Crippen LogP contribution in [0.25, 0.3) is 0 Å². The van der Waals surface area contributed by atoms with Crippen LogP contribution in [0.3, 0.4) is 0 Å². The Morgan fingerprint density at radius 3 is 2.27 bits per heavy atom. The number of ether oxygens (including phenoxy) is 1. The van der Waals surface area contributed by atoms with Gasteiger partial charge in [0.05, 0.1) is 4.90 Å². The third-order valence-electron chi connectivity index (χ3n) is 3.76. The Hall–Kier alpha value is -2.38. The fourth-order valence-corrected chi connectivity index (χ4v) is 3.79. The van der Waals surface area contributed by atoms with Gasteiger partial charge in [-0.05, 0) is 50.1 Å². The highest BCUT2D eigenvalue weighted by atomic mass is 32.2. The van der Waals surface area contributed by atoms with Crippen LogP contribution in [-0.4, -0.2) is 25.0 Å². The molecule has 2 N–H and O–H groups in total. The fourth-order valence-electron chi connectivity index (χ4n) is 2.35. The normalized spacial score (nSPS) is 11.9. The van der Waals surface area contributed by atoms with Gasteiger partial charge in [-0.25, -0.2) is 13.1 Å². The van der Waals surface area contributed by atoms with Crippen molar-refractivity contribution >= 4 is 16.0 Å². The van der Waals surface area contributed by atoms with Crippen molar-refractivity contribution in [3.8, 4) is 5.75 Å². The van der Waals surface area contributed by atoms with E-state index in [1.807, 2.05) is 30.3 Å². The van der Waals surface area contributed by atoms with Crippen LogP contribution < -0.4 is 9.46 Å². The second-order valence-corrected chi connectivity index (χ2v) is 8.31. The van der Waals surface area contributed by atoms with Gasteiger partial charge in [-0.15, -0.1) is 0 Å². The molecule has 2 aromatic rings. The van der Waals surface area contributed by atoms with Gasteiger partial charge in [0.25, 0.3) is 0 Å². The molecule has 0 heterocycles. The van der Waals surface area contributed by atoms with Crippen molar-refractivity contribution in [2.45, 2.75) is 43.7 Å². The van der Waals surface area contributed by atoms with Gasteiger partial charge in [0.2, 0.25) is 10.0 Å². The number of nitrogens with one attached hydrogen (secondary N) is 1. The van der Waals surface area contributed by atoms with Crippen molar-refractivity contribution in [1.82, 2.24) is 4.72 Å². The van der Waals surface area contributed by atoms with Crippen LogP contribution in [0.1, 0.15) is 32.3 Å². The molecular weight excluding hydrogens is 354 g/mol. The second kappa shape index (κ2) is 8.33. The van der Waals surface area contributed by atoms with Gasteiger partial charge in [-0.2, -0.15) is 0 Å². The lowest BCUT2D eigenvalue weighted by molar-refractivity contribution is -0.137. The van der Waals surface area contributed by atoms with Gasteiger partial charge in [0.15, 0.2) is 0 Å². The smallest absolute Gasteiger partial charge is 0.303 e. The molecule has 0 bridgehead atoms. The van der Waals surface area contributed by atoms with Gasteiger partial charge in [-0.1, -0.05) is 30.3 Å². The van der Waals surface area contributed by atoms with Crippen LogP contribution in [0.5, 0.6) is 5.75 Å². The standard InChI is InChI=1S/C19H23NO5S/c1-19(2,13-12-18(21)22)20-26(23,24)17-10-8-16(9-11-17)25-14-15-6-4-3-5-7-15/h3-11,20H,12-14H2,1-2H3,(H,21,22). The van der Waals surface area contributed by atoms with E-state index in [0.29, 0.717) is 12.4 Å². The highest BCUT2D eigenvalue weighted by molar-refractivity contribution is 7.89. The van der Waals surface area contributed by atoms with E-state index >= 15 is 0 Å². The SMILES string of the molecule is CC(C)(CCC(=O)O)NS(=O)(=O)c1ccc(OCc2ccccc2)cc1. The van der Waals surface area contributed by atoms with Crippen LogP contribution in [0.2, 0.25) is 0 Å². The average molecular weight is 377 g/mol. The molecule has 2 aromatic carbocycles. The molecule has 140 valence electrons. The minimum atomic E-state index is -3.75. The quantitative estimate of drug-likeness (QED) is 0.700. The summed E-state index contributed by atoms with van der Waals surface area (Å²) in [5.74, 6) is -0.393. The predicted molar refractivity (Wildman–Crippen MR) is 98.5 cm³/mol. The number of carboxylic acid groups (broad SMARTS) is 1. The molecule has 6 nitrogen and oxygen atoms in total. The topological polar surface area (TPSA) is 92.7 Å². The van der Waals surface area contributed by atoms with E-state index in [-0.39, 0.29) is 17.7 Å². The molecule has 0 aliphatic carbocycles. The first kappa shape index (κ1) is 19.9. The zero-order valence-electron chi connectivity index (χ0n) is 14.8. The molecular formula is C19H23NO5S. The maximum absolute atomic E-state index is 12.5. The molecule has 7 heteroatoms. The Kier molecular flexibility index (Phi) is 6.39. The van der Waals surface area contributed by atoms with E-state index in [2.05, 4.69) is 4.72 Å².